The van der Waals surface area contributed by atoms with Crippen molar-refractivity contribution in [3.63, 3.8) is 0 Å². The number of aliphatic hydroxyl groups excluding tert-OH is 3. The second-order valence-corrected chi connectivity index (χ2v) is 9.67. The number of phenols is 2. The molecule has 1 aromatic carbocycles. The number of aromatic hydroxyl groups is 2. The van der Waals surface area contributed by atoms with Crippen LogP contribution in [0, 0.1) is 0 Å². The van der Waals surface area contributed by atoms with E-state index in [1.54, 1.807) is 0 Å². The molecule has 0 amide bonds. The van der Waals surface area contributed by atoms with Gasteiger partial charge >= 0.3 is 0 Å². The van der Waals surface area contributed by atoms with E-state index >= 15 is 0 Å². The SMILES string of the molecule is COc1cc(O)c([P+](CCCO)(CCCO)CCCO)cc1O. The van der Waals surface area contributed by atoms with Crippen LogP contribution in [0.1, 0.15) is 19.3 Å². The summed E-state index contributed by atoms with van der Waals surface area (Å²) in [5.74, 6) is 0.222. The Bertz CT molecular complexity index is 458. The van der Waals surface area contributed by atoms with E-state index in [-0.39, 0.29) is 37.1 Å². The molecule has 5 N–H and O–H groups in total. The summed E-state index contributed by atoms with van der Waals surface area (Å²) in [5, 5.41) is 48.9. The van der Waals surface area contributed by atoms with Crippen molar-refractivity contribution >= 4 is 12.6 Å². The van der Waals surface area contributed by atoms with Crippen molar-refractivity contribution < 1.29 is 30.3 Å². The summed E-state index contributed by atoms with van der Waals surface area (Å²) in [5.41, 5.74) is 0. The third kappa shape index (κ3) is 5.21. The molecule has 0 saturated heterocycles. The number of phenolic OH excluding ortho intramolecular Hbond substituents is 2. The Labute approximate surface area is 137 Å². The molecular formula is C16H28O6P+. The predicted octanol–water partition coefficient (Wildman–Crippen LogP) is 0.896. The van der Waals surface area contributed by atoms with Gasteiger partial charge in [-0.3, -0.25) is 0 Å². The zero-order valence-corrected chi connectivity index (χ0v) is 14.5. The minimum atomic E-state index is -1.94. The summed E-state index contributed by atoms with van der Waals surface area (Å²) in [4.78, 5) is 0. The molecule has 132 valence electrons. The highest BCUT2D eigenvalue weighted by atomic mass is 31.2. The van der Waals surface area contributed by atoms with Gasteiger partial charge in [-0.05, 0) is 0 Å². The average Bonchev–Trinajstić information content (AvgIpc) is 2.56. The van der Waals surface area contributed by atoms with Gasteiger partial charge in [-0.2, -0.15) is 0 Å². The maximum atomic E-state index is 10.4. The number of hydrogen-bond acceptors (Lipinski definition) is 6. The molecule has 1 rings (SSSR count). The molecule has 1 aromatic rings. The van der Waals surface area contributed by atoms with Gasteiger partial charge < -0.3 is 30.3 Å². The first kappa shape index (κ1) is 20.0. The first-order chi connectivity index (χ1) is 11.0. The summed E-state index contributed by atoms with van der Waals surface area (Å²) in [6, 6.07) is 2.93. The minimum Gasteiger partial charge on any atom is -0.504 e. The Hall–Kier alpha value is -1.07. The molecule has 0 atom stereocenters. The highest BCUT2D eigenvalue weighted by Gasteiger charge is 2.41. The van der Waals surface area contributed by atoms with Crippen molar-refractivity contribution in [2.45, 2.75) is 19.3 Å². The Balaban J connectivity index is 3.31. The van der Waals surface area contributed by atoms with E-state index in [4.69, 9.17) is 4.74 Å². The lowest BCUT2D eigenvalue weighted by molar-refractivity contribution is 0.292. The van der Waals surface area contributed by atoms with Gasteiger partial charge in [0.05, 0.1) is 32.9 Å². The molecule has 0 spiro atoms. The predicted molar refractivity (Wildman–Crippen MR) is 92.6 cm³/mol. The fourth-order valence-corrected chi connectivity index (χ4v) is 7.49. The summed E-state index contributed by atoms with van der Waals surface area (Å²) < 4.78 is 5.02. The number of hydrogen-bond donors (Lipinski definition) is 5. The van der Waals surface area contributed by atoms with E-state index < -0.39 is 7.26 Å². The normalized spacial score (nSPS) is 11.7. The van der Waals surface area contributed by atoms with E-state index in [0.717, 1.165) is 0 Å². The number of rotatable bonds is 11. The van der Waals surface area contributed by atoms with Crippen LogP contribution in [0.4, 0.5) is 0 Å². The molecule has 0 radical (unpaired) electrons. The van der Waals surface area contributed by atoms with Gasteiger partial charge in [-0.1, -0.05) is 0 Å². The van der Waals surface area contributed by atoms with Crippen LogP contribution in [-0.2, 0) is 0 Å². The number of methoxy groups -OCH3 is 1. The number of ether oxygens (including phenoxy) is 1. The molecule has 0 aromatic heterocycles. The Morgan fingerprint density at radius 2 is 1.30 bits per heavy atom. The van der Waals surface area contributed by atoms with Gasteiger partial charge in [-0.25, -0.2) is 0 Å². The topological polar surface area (TPSA) is 110 Å². The third-order valence-electron chi connectivity index (χ3n) is 4.02. The van der Waals surface area contributed by atoms with Crippen LogP contribution in [0.25, 0.3) is 0 Å². The van der Waals surface area contributed by atoms with Crippen molar-refractivity contribution in [3.05, 3.63) is 12.1 Å². The van der Waals surface area contributed by atoms with Crippen LogP contribution in [0.2, 0.25) is 0 Å². The molecule has 0 bridgehead atoms. The first-order valence-electron chi connectivity index (χ1n) is 7.84. The lowest BCUT2D eigenvalue weighted by atomic mass is 10.3. The molecule has 6 nitrogen and oxygen atoms in total. The van der Waals surface area contributed by atoms with Crippen molar-refractivity contribution in [1.82, 2.24) is 0 Å². The summed E-state index contributed by atoms with van der Waals surface area (Å²) in [6.45, 7) is 0.134. The average molecular weight is 347 g/mol. The highest BCUT2D eigenvalue weighted by molar-refractivity contribution is 7.83. The molecule has 23 heavy (non-hydrogen) atoms. The number of benzene rings is 1. The first-order valence-corrected chi connectivity index (χ1v) is 10.2. The molecule has 0 saturated carbocycles. The van der Waals surface area contributed by atoms with Gasteiger partial charge in [0.2, 0.25) is 0 Å². The summed E-state index contributed by atoms with van der Waals surface area (Å²) in [6.07, 6.45) is 3.83. The lowest BCUT2D eigenvalue weighted by Crippen LogP contribution is -2.23. The van der Waals surface area contributed by atoms with E-state index in [0.29, 0.717) is 43.1 Å². The Morgan fingerprint density at radius 1 is 0.826 bits per heavy atom. The van der Waals surface area contributed by atoms with Gasteiger partial charge in [-0.15, -0.1) is 0 Å². The fraction of sp³-hybridized carbons (Fsp3) is 0.625. The van der Waals surface area contributed by atoms with Crippen LogP contribution in [0.15, 0.2) is 12.1 Å². The maximum Gasteiger partial charge on any atom is 0.164 e. The van der Waals surface area contributed by atoms with E-state index in [1.807, 2.05) is 0 Å². The van der Waals surface area contributed by atoms with Gasteiger partial charge in [0.25, 0.3) is 0 Å². The molecular weight excluding hydrogens is 319 g/mol. The van der Waals surface area contributed by atoms with E-state index in [9.17, 15) is 25.5 Å². The highest BCUT2D eigenvalue weighted by Crippen LogP contribution is 2.61. The van der Waals surface area contributed by atoms with Crippen LogP contribution in [-0.4, -0.2) is 70.9 Å². The van der Waals surface area contributed by atoms with Crippen molar-refractivity contribution in [3.8, 4) is 17.2 Å². The lowest BCUT2D eigenvalue weighted by Gasteiger charge is -2.28. The van der Waals surface area contributed by atoms with Crippen molar-refractivity contribution in [1.29, 1.82) is 0 Å². The molecule has 0 aliphatic carbocycles. The largest absolute Gasteiger partial charge is 0.504 e. The molecule has 0 fully saturated rings. The quantitative estimate of drug-likeness (QED) is 0.300. The van der Waals surface area contributed by atoms with E-state index in [2.05, 4.69) is 0 Å². The van der Waals surface area contributed by atoms with Gasteiger partial charge in [0, 0.05) is 51.2 Å². The monoisotopic (exact) mass is 347 g/mol. The van der Waals surface area contributed by atoms with E-state index in [1.165, 1.54) is 19.2 Å². The smallest absolute Gasteiger partial charge is 0.164 e. The summed E-state index contributed by atoms with van der Waals surface area (Å²) in [7, 11) is -0.522. The van der Waals surface area contributed by atoms with Crippen molar-refractivity contribution in [2.75, 3.05) is 45.4 Å². The van der Waals surface area contributed by atoms with Crippen LogP contribution in [0.3, 0.4) is 0 Å². The molecule has 0 unspecified atom stereocenters. The maximum absolute atomic E-state index is 10.4. The molecule has 7 heteroatoms. The molecule has 0 heterocycles. The standard InChI is InChI=1S/C16H27O6P/c1-22-15-11-14(21)16(12-13(15)20)23(8-2-5-17,9-3-6-18)10-4-7-19/h11-12,17-19H,2-10H2,1H3,(H-,20,21)/p+1. The second-order valence-electron chi connectivity index (χ2n) is 5.56. The summed E-state index contributed by atoms with van der Waals surface area (Å²) >= 11 is 0. The zero-order chi connectivity index (χ0) is 17.3. The Kier molecular flexibility index (Phi) is 8.63. The Morgan fingerprint density at radius 3 is 1.70 bits per heavy atom. The third-order valence-corrected chi connectivity index (χ3v) is 8.92. The van der Waals surface area contributed by atoms with Crippen LogP contribution < -0.4 is 10.0 Å². The van der Waals surface area contributed by atoms with Gasteiger partial charge in [0.1, 0.15) is 5.30 Å². The number of aliphatic hydroxyl groups is 3. The van der Waals surface area contributed by atoms with Crippen LogP contribution in [0.5, 0.6) is 17.2 Å². The molecule has 0 aliphatic heterocycles. The zero-order valence-electron chi connectivity index (χ0n) is 13.6. The molecule has 0 aliphatic rings. The second kappa shape index (κ2) is 9.93. The fourth-order valence-electron chi connectivity index (χ4n) is 2.91. The van der Waals surface area contributed by atoms with Crippen LogP contribution >= 0.6 is 7.26 Å². The van der Waals surface area contributed by atoms with Crippen molar-refractivity contribution in [2.24, 2.45) is 0 Å². The van der Waals surface area contributed by atoms with Gasteiger partial charge in [0.15, 0.2) is 17.2 Å². The minimum absolute atomic E-state index is 0.0401.